The summed E-state index contributed by atoms with van der Waals surface area (Å²) in [6, 6.07) is 6.14. The number of hydrogen-bond donors (Lipinski definition) is 3. The third-order valence-electron chi connectivity index (χ3n) is 2.00. The highest BCUT2D eigenvalue weighted by Gasteiger charge is 2.02. The molecule has 0 aliphatic heterocycles. The van der Waals surface area contributed by atoms with Gasteiger partial charge in [0.1, 0.15) is 5.75 Å². The van der Waals surface area contributed by atoms with Crippen LogP contribution in [0.25, 0.3) is 11.1 Å². The standard InChI is InChI=1S/C10H8N2O3/c13-7-3-1-6(2-4-7)8-5-11-10(15)12-9(8)14/h1-5,13H,(H2,11,12,14,15). The molecule has 0 saturated heterocycles. The highest BCUT2D eigenvalue weighted by molar-refractivity contribution is 5.61. The van der Waals surface area contributed by atoms with E-state index in [1.54, 1.807) is 12.1 Å². The number of phenols is 1. The summed E-state index contributed by atoms with van der Waals surface area (Å²) in [6.07, 6.45) is 1.34. The lowest BCUT2D eigenvalue weighted by Gasteiger charge is -1.99. The molecule has 0 unspecified atom stereocenters. The van der Waals surface area contributed by atoms with E-state index in [0.29, 0.717) is 11.1 Å². The van der Waals surface area contributed by atoms with Gasteiger partial charge in [-0.1, -0.05) is 12.1 Å². The van der Waals surface area contributed by atoms with Crippen molar-refractivity contribution in [3.63, 3.8) is 0 Å². The molecule has 0 atom stereocenters. The van der Waals surface area contributed by atoms with E-state index in [0.717, 1.165) is 0 Å². The molecule has 0 amide bonds. The van der Waals surface area contributed by atoms with E-state index in [1.807, 2.05) is 0 Å². The Morgan fingerprint density at radius 2 is 1.73 bits per heavy atom. The number of benzene rings is 1. The Kier molecular flexibility index (Phi) is 2.13. The second kappa shape index (κ2) is 3.45. The minimum atomic E-state index is -0.539. The van der Waals surface area contributed by atoms with Crippen molar-refractivity contribution in [1.29, 1.82) is 0 Å². The summed E-state index contributed by atoms with van der Waals surface area (Å²) >= 11 is 0. The number of rotatable bonds is 1. The Balaban J connectivity index is 2.59. The van der Waals surface area contributed by atoms with Crippen molar-refractivity contribution >= 4 is 0 Å². The van der Waals surface area contributed by atoms with Gasteiger partial charge in [-0.15, -0.1) is 0 Å². The van der Waals surface area contributed by atoms with E-state index < -0.39 is 11.2 Å². The Morgan fingerprint density at radius 1 is 1.07 bits per heavy atom. The number of aromatic nitrogens is 2. The van der Waals surface area contributed by atoms with Crippen LogP contribution in [0.2, 0.25) is 0 Å². The van der Waals surface area contributed by atoms with Crippen molar-refractivity contribution in [2.45, 2.75) is 0 Å². The van der Waals surface area contributed by atoms with E-state index in [-0.39, 0.29) is 5.75 Å². The van der Waals surface area contributed by atoms with Crippen molar-refractivity contribution in [2.75, 3.05) is 0 Å². The van der Waals surface area contributed by atoms with Crippen LogP contribution in [0.4, 0.5) is 0 Å². The zero-order chi connectivity index (χ0) is 10.8. The molecule has 5 heteroatoms. The van der Waals surface area contributed by atoms with Crippen LogP contribution in [-0.2, 0) is 0 Å². The van der Waals surface area contributed by atoms with Gasteiger partial charge in [-0.05, 0) is 17.7 Å². The maximum absolute atomic E-state index is 11.4. The van der Waals surface area contributed by atoms with Gasteiger partial charge in [0, 0.05) is 6.20 Å². The topological polar surface area (TPSA) is 85.9 Å². The molecular weight excluding hydrogens is 196 g/mol. The zero-order valence-corrected chi connectivity index (χ0v) is 7.65. The molecule has 2 aromatic rings. The van der Waals surface area contributed by atoms with Crippen molar-refractivity contribution < 1.29 is 5.11 Å². The fourth-order valence-electron chi connectivity index (χ4n) is 1.27. The minimum Gasteiger partial charge on any atom is -0.508 e. The average Bonchev–Trinajstić information content (AvgIpc) is 2.20. The van der Waals surface area contributed by atoms with Crippen molar-refractivity contribution in [3.8, 4) is 16.9 Å². The predicted molar refractivity (Wildman–Crippen MR) is 54.8 cm³/mol. The lowest BCUT2D eigenvalue weighted by atomic mass is 10.1. The lowest BCUT2D eigenvalue weighted by molar-refractivity contribution is 0.475. The molecule has 0 radical (unpaired) electrons. The van der Waals surface area contributed by atoms with Crippen LogP contribution in [0, 0.1) is 0 Å². The minimum absolute atomic E-state index is 0.125. The smallest absolute Gasteiger partial charge is 0.325 e. The van der Waals surface area contributed by atoms with Crippen molar-refractivity contribution in [1.82, 2.24) is 9.97 Å². The molecule has 0 bridgehead atoms. The van der Waals surface area contributed by atoms with Gasteiger partial charge in [-0.3, -0.25) is 9.78 Å². The second-order valence-corrected chi connectivity index (χ2v) is 3.03. The number of aromatic hydroxyl groups is 1. The van der Waals surface area contributed by atoms with Crippen LogP contribution in [-0.4, -0.2) is 15.1 Å². The van der Waals surface area contributed by atoms with E-state index >= 15 is 0 Å². The van der Waals surface area contributed by atoms with Gasteiger partial charge in [0.2, 0.25) is 0 Å². The van der Waals surface area contributed by atoms with Gasteiger partial charge in [0.25, 0.3) is 5.56 Å². The molecule has 1 aromatic heterocycles. The molecule has 0 aliphatic carbocycles. The van der Waals surface area contributed by atoms with Crippen LogP contribution in [0.1, 0.15) is 0 Å². The van der Waals surface area contributed by atoms with Crippen molar-refractivity contribution in [2.24, 2.45) is 0 Å². The second-order valence-electron chi connectivity index (χ2n) is 3.03. The largest absolute Gasteiger partial charge is 0.508 e. The molecule has 1 aromatic carbocycles. The van der Waals surface area contributed by atoms with E-state index in [9.17, 15) is 9.59 Å². The summed E-state index contributed by atoms with van der Waals surface area (Å²) in [6.45, 7) is 0. The van der Waals surface area contributed by atoms with Gasteiger partial charge < -0.3 is 10.1 Å². The number of phenolic OH excluding ortho intramolecular Hbond substituents is 1. The molecule has 5 nitrogen and oxygen atoms in total. The summed E-state index contributed by atoms with van der Waals surface area (Å²) in [5, 5.41) is 9.07. The first-order valence-corrected chi connectivity index (χ1v) is 4.28. The van der Waals surface area contributed by atoms with Crippen LogP contribution < -0.4 is 11.2 Å². The first-order chi connectivity index (χ1) is 7.16. The van der Waals surface area contributed by atoms with Gasteiger partial charge in [0.05, 0.1) is 5.56 Å². The maximum atomic E-state index is 11.4. The third kappa shape index (κ3) is 1.80. The molecule has 0 saturated carbocycles. The Morgan fingerprint density at radius 3 is 2.33 bits per heavy atom. The molecule has 15 heavy (non-hydrogen) atoms. The van der Waals surface area contributed by atoms with Gasteiger partial charge >= 0.3 is 5.69 Å². The molecule has 0 spiro atoms. The third-order valence-corrected chi connectivity index (χ3v) is 2.00. The average molecular weight is 204 g/mol. The summed E-state index contributed by atoms with van der Waals surface area (Å²) in [4.78, 5) is 26.7. The molecule has 1 heterocycles. The fraction of sp³-hybridized carbons (Fsp3) is 0. The molecule has 3 N–H and O–H groups in total. The summed E-state index contributed by atoms with van der Waals surface area (Å²) in [5.41, 5.74) is -0.00753. The quantitative estimate of drug-likeness (QED) is 0.629. The predicted octanol–water partition coefficient (Wildman–Crippen LogP) is 0.436. The Hall–Kier alpha value is -2.30. The normalized spacial score (nSPS) is 10.1. The van der Waals surface area contributed by atoms with Crippen molar-refractivity contribution in [3.05, 3.63) is 51.3 Å². The van der Waals surface area contributed by atoms with Crippen LogP contribution >= 0.6 is 0 Å². The highest BCUT2D eigenvalue weighted by Crippen LogP contribution is 2.17. The SMILES string of the molecule is O=c1[nH]cc(-c2ccc(O)cc2)c(=O)[nH]1. The Bertz CT molecular complexity index is 581. The summed E-state index contributed by atoms with van der Waals surface area (Å²) in [5.74, 6) is 0.125. The first-order valence-electron chi connectivity index (χ1n) is 4.28. The lowest BCUT2D eigenvalue weighted by Crippen LogP contribution is -2.22. The molecule has 2 rings (SSSR count). The number of nitrogens with one attached hydrogen (secondary N) is 2. The van der Waals surface area contributed by atoms with Crippen LogP contribution in [0.15, 0.2) is 40.1 Å². The highest BCUT2D eigenvalue weighted by atomic mass is 16.3. The monoisotopic (exact) mass is 204 g/mol. The van der Waals surface area contributed by atoms with Crippen LogP contribution in [0.5, 0.6) is 5.75 Å². The van der Waals surface area contributed by atoms with Gasteiger partial charge in [0.15, 0.2) is 0 Å². The molecular formula is C10H8N2O3. The number of hydrogen-bond acceptors (Lipinski definition) is 3. The molecule has 0 fully saturated rings. The number of aromatic amines is 2. The molecule has 76 valence electrons. The van der Waals surface area contributed by atoms with Gasteiger partial charge in [-0.2, -0.15) is 0 Å². The summed E-state index contributed by atoms with van der Waals surface area (Å²) in [7, 11) is 0. The van der Waals surface area contributed by atoms with E-state index in [4.69, 9.17) is 5.11 Å². The Labute approximate surface area is 84.0 Å². The maximum Gasteiger partial charge on any atom is 0.325 e. The first kappa shape index (κ1) is 9.26. The van der Waals surface area contributed by atoms with Crippen LogP contribution in [0.3, 0.4) is 0 Å². The number of H-pyrrole nitrogens is 2. The summed E-state index contributed by atoms with van der Waals surface area (Å²) < 4.78 is 0. The fourth-order valence-corrected chi connectivity index (χ4v) is 1.27. The molecule has 0 aliphatic rings. The van der Waals surface area contributed by atoms with Gasteiger partial charge in [-0.25, -0.2) is 4.79 Å². The van der Waals surface area contributed by atoms with E-state index in [1.165, 1.54) is 18.3 Å². The zero-order valence-electron chi connectivity index (χ0n) is 7.65. The van der Waals surface area contributed by atoms with E-state index in [2.05, 4.69) is 9.97 Å².